The molecule has 2 aromatic rings. The fourth-order valence-electron chi connectivity index (χ4n) is 1.61. The highest BCUT2D eigenvalue weighted by molar-refractivity contribution is 5.95. The van der Waals surface area contributed by atoms with Gasteiger partial charge in [-0.2, -0.15) is 0 Å². The summed E-state index contributed by atoms with van der Waals surface area (Å²) in [6, 6.07) is 7.75. The van der Waals surface area contributed by atoms with Crippen molar-refractivity contribution in [2.45, 2.75) is 0 Å². The van der Waals surface area contributed by atoms with Crippen LogP contribution in [0, 0.1) is 17.5 Å². The minimum absolute atomic E-state index is 0.0727. The molecule has 1 amide bonds. The van der Waals surface area contributed by atoms with Gasteiger partial charge < -0.3 is 10.1 Å². The number of carbonyl (C=O) groups excluding carboxylic acids is 2. The van der Waals surface area contributed by atoms with Gasteiger partial charge in [-0.05, 0) is 24.3 Å². The number of carbonyl (C=O) groups is 2. The van der Waals surface area contributed by atoms with Gasteiger partial charge in [0.05, 0.1) is 11.3 Å². The van der Waals surface area contributed by atoms with Crippen molar-refractivity contribution in [2.75, 3.05) is 11.9 Å². The van der Waals surface area contributed by atoms with Crippen LogP contribution in [0.2, 0.25) is 0 Å². The number of ether oxygens (including phenoxy) is 1. The number of hydrogen-bond acceptors (Lipinski definition) is 3. The molecule has 7 heteroatoms. The van der Waals surface area contributed by atoms with E-state index < -0.39 is 41.5 Å². The summed E-state index contributed by atoms with van der Waals surface area (Å²) < 4.78 is 43.9. The Bertz CT molecular complexity index is 719. The van der Waals surface area contributed by atoms with Crippen molar-refractivity contribution in [3.8, 4) is 0 Å². The summed E-state index contributed by atoms with van der Waals surface area (Å²) in [5.41, 5.74) is -0.573. The molecule has 0 spiro atoms. The lowest BCUT2D eigenvalue weighted by molar-refractivity contribution is -0.119. The van der Waals surface area contributed by atoms with Crippen LogP contribution >= 0.6 is 0 Å². The van der Waals surface area contributed by atoms with Crippen LogP contribution in [-0.2, 0) is 9.53 Å². The minimum atomic E-state index is -1.12. The molecule has 2 aromatic carbocycles. The van der Waals surface area contributed by atoms with Gasteiger partial charge >= 0.3 is 5.97 Å². The predicted octanol–water partition coefficient (Wildman–Crippen LogP) is 2.90. The summed E-state index contributed by atoms with van der Waals surface area (Å²) in [5.74, 6) is -4.50. The molecule has 0 saturated heterocycles. The zero-order valence-electron chi connectivity index (χ0n) is 11.1. The van der Waals surface area contributed by atoms with Crippen LogP contribution in [-0.4, -0.2) is 18.5 Å². The molecule has 0 atom stereocenters. The van der Waals surface area contributed by atoms with Gasteiger partial charge in [0, 0.05) is 6.07 Å². The zero-order valence-corrected chi connectivity index (χ0v) is 11.1. The summed E-state index contributed by atoms with van der Waals surface area (Å²) in [5, 5.41) is 2.20. The molecule has 0 fully saturated rings. The molecular formula is C15H10F3NO3. The van der Waals surface area contributed by atoms with E-state index in [9.17, 15) is 22.8 Å². The summed E-state index contributed by atoms with van der Waals surface area (Å²) in [6.45, 7) is -0.732. The molecule has 114 valence electrons. The average Bonchev–Trinajstić information content (AvgIpc) is 2.47. The first kappa shape index (κ1) is 15.6. The van der Waals surface area contributed by atoms with Crippen LogP contribution in [0.25, 0.3) is 0 Å². The van der Waals surface area contributed by atoms with Crippen LogP contribution in [0.4, 0.5) is 18.9 Å². The molecule has 0 heterocycles. The number of para-hydroxylation sites is 1. The highest BCUT2D eigenvalue weighted by Gasteiger charge is 2.16. The maximum atomic E-state index is 13.3. The molecule has 0 aliphatic heterocycles. The molecule has 1 N–H and O–H groups in total. The minimum Gasteiger partial charge on any atom is -0.452 e. The summed E-state index contributed by atoms with van der Waals surface area (Å²) >= 11 is 0. The van der Waals surface area contributed by atoms with Crippen molar-refractivity contribution in [3.05, 3.63) is 65.5 Å². The van der Waals surface area contributed by atoms with E-state index in [1.54, 1.807) is 0 Å². The van der Waals surface area contributed by atoms with E-state index in [2.05, 4.69) is 10.1 Å². The first-order valence-electron chi connectivity index (χ1n) is 6.14. The monoisotopic (exact) mass is 309 g/mol. The smallest absolute Gasteiger partial charge is 0.341 e. The van der Waals surface area contributed by atoms with Crippen LogP contribution in [0.3, 0.4) is 0 Å². The van der Waals surface area contributed by atoms with Gasteiger partial charge in [-0.15, -0.1) is 0 Å². The van der Waals surface area contributed by atoms with Crippen molar-refractivity contribution >= 4 is 17.6 Å². The molecule has 0 aliphatic carbocycles. The lowest BCUT2D eigenvalue weighted by Crippen LogP contribution is -2.21. The molecule has 0 bridgehead atoms. The Morgan fingerprint density at radius 2 is 1.73 bits per heavy atom. The number of rotatable bonds is 4. The Kier molecular flexibility index (Phi) is 4.77. The molecular weight excluding hydrogens is 299 g/mol. The standard InChI is InChI=1S/C15H10F3NO3/c16-9-5-6-10(12(18)7-9)15(21)22-8-14(20)19-13-4-2-1-3-11(13)17/h1-7H,8H2,(H,19,20). The number of anilines is 1. The Balaban J connectivity index is 1.93. The van der Waals surface area contributed by atoms with Gasteiger partial charge in [-0.1, -0.05) is 12.1 Å². The number of amides is 1. The van der Waals surface area contributed by atoms with Crippen molar-refractivity contribution in [1.29, 1.82) is 0 Å². The number of nitrogens with one attached hydrogen (secondary N) is 1. The third-order valence-electron chi connectivity index (χ3n) is 2.63. The largest absolute Gasteiger partial charge is 0.452 e. The second kappa shape index (κ2) is 6.75. The SMILES string of the molecule is O=C(COC(=O)c1ccc(F)cc1F)Nc1ccccc1F. The van der Waals surface area contributed by atoms with Crippen LogP contribution in [0.1, 0.15) is 10.4 Å². The number of halogens is 3. The molecule has 2 rings (SSSR count). The van der Waals surface area contributed by atoms with E-state index in [-0.39, 0.29) is 5.69 Å². The van der Waals surface area contributed by atoms with E-state index in [0.29, 0.717) is 6.07 Å². The second-order valence-electron chi connectivity index (χ2n) is 4.23. The van der Waals surface area contributed by atoms with Crippen molar-refractivity contribution in [3.63, 3.8) is 0 Å². The van der Waals surface area contributed by atoms with Gasteiger partial charge in [0.25, 0.3) is 5.91 Å². The second-order valence-corrected chi connectivity index (χ2v) is 4.23. The third-order valence-corrected chi connectivity index (χ3v) is 2.63. The van der Waals surface area contributed by atoms with Gasteiger partial charge in [-0.3, -0.25) is 4.79 Å². The predicted molar refractivity (Wildman–Crippen MR) is 71.7 cm³/mol. The maximum Gasteiger partial charge on any atom is 0.341 e. The zero-order chi connectivity index (χ0) is 16.1. The van der Waals surface area contributed by atoms with E-state index in [1.165, 1.54) is 18.2 Å². The van der Waals surface area contributed by atoms with E-state index in [0.717, 1.165) is 18.2 Å². The third kappa shape index (κ3) is 3.85. The summed E-state index contributed by atoms with van der Waals surface area (Å²) in [6.07, 6.45) is 0. The molecule has 0 unspecified atom stereocenters. The molecule has 0 saturated carbocycles. The van der Waals surface area contributed by atoms with Gasteiger partial charge in [0.1, 0.15) is 17.5 Å². The van der Waals surface area contributed by atoms with E-state index in [1.807, 2.05) is 0 Å². The summed E-state index contributed by atoms with van der Waals surface area (Å²) in [7, 11) is 0. The average molecular weight is 309 g/mol. The van der Waals surface area contributed by atoms with Crippen LogP contribution in [0.5, 0.6) is 0 Å². The van der Waals surface area contributed by atoms with Crippen molar-refractivity contribution < 1.29 is 27.5 Å². The molecule has 22 heavy (non-hydrogen) atoms. The van der Waals surface area contributed by atoms with Gasteiger partial charge in [-0.25, -0.2) is 18.0 Å². The molecule has 0 aromatic heterocycles. The van der Waals surface area contributed by atoms with Crippen LogP contribution < -0.4 is 5.32 Å². The van der Waals surface area contributed by atoms with E-state index in [4.69, 9.17) is 0 Å². The van der Waals surface area contributed by atoms with Crippen LogP contribution in [0.15, 0.2) is 42.5 Å². The summed E-state index contributed by atoms with van der Waals surface area (Å²) in [4.78, 5) is 23.1. The highest BCUT2D eigenvalue weighted by Crippen LogP contribution is 2.13. The Labute approximate surface area is 123 Å². The van der Waals surface area contributed by atoms with Gasteiger partial charge in [0.2, 0.25) is 0 Å². The normalized spacial score (nSPS) is 10.1. The Hall–Kier alpha value is -2.83. The Morgan fingerprint density at radius 1 is 1.00 bits per heavy atom. The first-order chi connectivity index (χ1) is 10.5. The fraction of sp³-hybridized carbons (Fsp3) is 0.0667. The number of esters is 1. The van der Waals surface area contributed by atoms with Crippen molar-refractivity contribution in [2.24, 2.45) is 0 Å². The molecule has 0 aliphatic rings. The topological polar surface area (TPSA) is 55.4 Å². The maximum absolute atomic E-state index is 13.3. The molecule has 0 radical (unpaired) electrons. The fourth-order valence-corrected chi connectivity index (χ4v) is 1.61. The quantitative estimate of drug-likeness (QED) is 0.884. The number of hydrogen-bond donors (Lipinski definition) is 1. The lowest BCUT2D eigenvalue weighted by atomic mass is 10.2. The van der Waals surface area contributed by atoms with Gasteiger partial charge in [0.15, 0.2) is 6.61 Å². The highest BCUT2D eigenvalue weighted by atomic mass is 19.1. The molecule has 4 nitrogen and oxygen atoms in total. The number of benzene rings is 2. The van der Waals surface area contributed by atoms with Crippen molar-refractivity contribution in [1.82, 2.24) is 0 Å². The Morgan fingerprint density at radius 3 is 2.41 bits per heavy atom. The van der Waals surface area contributed by atoms with E-state index >= 15 is 0 Å². The first-order valence-corrected chi connectivity index (χ1v) is 6.14. The lowest BCUT2D eigenvalue weighted by Gasteiger charge is -2.07.